The van der Waals surface area contributed by atoms with E-state index in [1.54, 1.807) is 6.07 Å². The summed E-state index contributed by atoms with van der Waals surface area (Å²) in [4.78, 5) is 17.7. The van der Waals surface area contributed by atoms with Crippen LogP contribution in [0.1, 0.15) is 21.7 Å². The Labute approximate surface area is 80.6 Å². The van der Waals surface area contributed by atoms with Crippen molar-refractivity contribution < 1.29 is 9.90 Å². The molecule has 0 fully saturated rings. The number of fused-ring (bicyclic) bond motifs is 1. The van der Waals surface area contributed by atoms with Crippen molar-refractivity contribution in [3.63, 3.8) is 0 Å². The molecule has 0 saturated heterocycles. The Hall–Kier alpha value is -1.84. The summed E-state index contributed by atoms with van der Waals surface area (Å²) in [5.74, 6) is -0.958. The maximum absolute atomic E-state index is 10.7. The molecule has 2 aromatic heterocycles. The number of hydrogen-bond acceptors (Lipinski definition) is 2. The second-order valence-electron chi connectivity index (χ2n) is 3.33. The SMILES string of the molecule is Cc1cc(C)c2cc(C(=O)O)[nH]c2n1. The zero-order valence-corrected chi connectivity index (χ0v) is 7.96. The van der Waals surface area contributed by atoms with Crippen molar-refractivity contribution in [2.24, 2.45) is 0 Å². The van der Waals surface area contributed by atoms with Crippen molar-refractivity contribution in [2.75, 3.05) is 0 Å². The molecular formula is C10H10N2O2. The minimum absolute atomic E-state index is 0.182. The van der Waals surface area contributed by atoms with Crippen molar-refractivity contribution in [1.82, 2.24) is 9.97 Å². The molecule has 0 bridgehead atoms. The van der Waals surface area contributed by atoms with Gasteiger partial charge in [-0.3, -0.25) is 0 Å². The predicted molar refractivity (Wildman–Crippen MR) is 52.5 cm³/mol. The molecule has 0 aliphatic heterocycles. The molecule has 72 valence electrons. The second kappa shape index (κ2) is 2.83. The van der Waals surface area contributed by atoms with Gasteiger partial charge in [0, 0.05) is 11.1 Å². The van der Waals surface area contributed by atoms with Gasteiger partial charge in [0.25, 0.3) is 0 Å². The van der Waals surface area contributed by atoms with Crippen LogP contribution in [0.25, 0.3) is 11.0 Å². The largest absolute Gasteiger partial charge is 0.477 e. The molecule has 0 atom stereocenters. The highest BCUT2D eigenvalue weighted by molar-refractivity contribution is 5.93. The van der Waals surface area contributed by atoms with Gasteiger partial charge < -0.3 is 10.1 Å². The maximum Gasteiger partial charge on any atom is 0.352 e. The van der Waals surface area contributed by atoms with Crippen LogP contribution in [0.15, 0.2) is 12.1 Å². The van der Waals surface area contributed by atoms with E-state index >= 15 is 0 Å². The molecule has 0 aliphatic carbocycles. The number of carbonyl (C=O) groups is 1. The molecule has 2 heterocycles. The van der Waals surface area contributed by atoms with Crippen molar-refractivity contribution >= 4 is 17.0 Å². The first-order valence-corrected chi connectivity index (χ1v) is 4.28. The van der Waals surface area contributed by atoms with Crippen molar-refractivity contribution in [3.05, 3.63) is 29.1 Å². The monoisotopic (exact) mass is 190 g/mol. The fourth-order valence-corrected chi connectivity index (χ4v) is 1.55. The van der Waals surface area contributed by atoms with Crippen molar-refractivity contribution in [1.29, 1.82) is 0 Å². The summed E-state index contributed by atoms with van der Waals surface area (Å²) >= 11 is 0. The van der Waals surface area contributed by atoms with Gasteiger partial charge >= 0.3 is 5.97 Å². The van der Waals surface area contributed by atoms with Crippen LogP contribution in [-0.2, 0) is 0 Å². The smallest absolute Gasteiger partial charge is 0.352 e. The zero-order chi connectivity index (χ0) is 10.3. The van der Waals surface area contributed by atoms with E-state index in [0.717, 1.165) is 16.6 Å². The maximum atomic E-state index is 10.7. The molecule has 4 nitrogen and oxygen atoms in total. The van der Waals surface area contributed by atoms with Gasteiger partial charge in [0.2, 0.25) is 0 Å². The van der Waals surface area contributed by atoms with Crippen LogP contribution in [0.2, 0.25) is 0 Å². The molecule has 4 heteroatoms. The van der Waals surface area contributed by atoms with Gasteiger partial charge in [-0.1, -0.05) is 0 Å². The van der Waals surface area contributed by atoms with E-state index in [1.165, 1.54) is 0 Å². The highest BCUT2D eigenvalue weighted by Crippen LogP contribution is 2.18. The Morgan fingerprint density at radius 1 is 1.43 bits per heavy atom. The third-order valence-electron chi connectivity index (χ3n) is 2.17. The molecule has 0 aromatic carbocycles. The van der Waals surface area contributed by atoms with Gasteiger partial charge in [0.05, 0.1) is 0 Å². The predicted octanol–water partition coefficient (Wildman–Crippen LogP) is 1.88. The first-order chi connectivity index (χ1) is 6.58. The van der Waals surface area contributed by atoms with Crippen LogP contribution in [-0.4, -0.2) is 21.0 Å². The summed E-state index contributed by atoms with van der Waals surface area (Å²) in [7, 11) is 0. The summed E-state index contributed by atoms with van der Waals surface area (Å²) in [6, 6.07) is 3.54. The Bertz CT molecular complexity index is 514. The van der Waals surface area contributed by atoms with Crippen LogP contribution < -0.4 is 0 Å². The van der Waals surface area contributed by atoms with Gasteiger partial charge in [0.1, 0.15) is 11.3 Å². The number of nitrogens with one attached hydrogen (secondary N) is 1. The van der Waals surface area contributed by atoms with E-state index in [-0.39, 0.29) is 5.69 Å². The lowest BCUT2D eigenvalue weighted by Crippen LogP contribution is -1.95. The van der Waals surface area contributed by atoms with Gasteiger partial charge in [-0.15, -0.1) is 0 Å². The minimum atomic E-state index is -0.958. The van der Waals surface area contributed by atoms with Crippen molar-refractivity contribution in [2.45, 2.75) is 13.8 Å². The standard InChI is InChI=1S/C10H10N2O2/c1-5-3-6(2)11-9-7(5)4-8(12-9)10(13)14/h3-4H,1-2H3,(H,11,12)(H,13,14). The van der Waals surface area contributed by atoms with Crippen LogP contribution in [0.4, 0.5) is 0 Å². The molecule has 0 radical (unpaired) electrons. The summed E-state index contributed by atoms with van der Waals surface area (Å²) in [6.45, 7) is 3.82. The van der Waals surface area contributed by atoms with Crippen LogP contribution in [0, 0.1) is 13.8 Å². The molecule has 2 aromatic rings. The lowest BCUT2D eigenvalue weighted by Gasteiger charge is -1.96. The average Bonchev–Trinajstić information content (AvgIpc) is 2.47. The number of aromatic amines is 1. The molecular weight excluding hydrogens is 180 g/mol. The van der Waals surface area contributed by atoms with Crippen LogP contribution in [0.3, 0.4) is 0 Å². The number of carboxylic acids is 1. The molecule has 0 unspecified atom stereocenters. The zero-order valence-electron chi connectivity index (χ0n) is 7.96. The number of aromatic nitrogens is 2. The van der Waals surface area contributed by atoms with Crippen LogP contribution >= 0.6 is 0 Å². The highest BCUT2D eigenvalue weighted by atomic mass is 16.4. The Balaban J connectivity index is 2.76. The number of rotatable bonds is 1. The van der Waals surface area contributed by atoms with E-state index in [2.05, 4.69) is 9.97 Å². The Morgan fingerprint density at radius 2 is 2.14 bits per heavy atom. The first kappa shape index (κ1) is 8.74. The Kier molecular flexibility index (Phi) is 1.77. The second-order valence-corrected chi connectivity index (χ2v) is 3.33. The number of hydrogen-bond donors (Lipinski definition) is 2. The van der Waals surface area contributed by atoms with E-state index in [0.29, 0.717) is 5.65 Å². The number of nitrogens with zero attached hydrogens (tertiary/aromatic N) is 1. The Morgan fingerprint density at radius 3 is 2.79 bits per heavy atom. The topological polar surface area (TPSA) is 66.0 Å². The van der Waals surface area contributed by atoms with Gasteiger partial charge in [-0.2, -0.15) is 0 Å². The lowest BCUT2D eigenvalue weighted by molar-refractivity contribution is 0.0691. The molecule has 0 spiro atoms. The molecule has 14 heavy (non-hydrogen) atoms. The van der Waals surface area contributed by atoms with Crippen LogP contribution in [0.5, 0.6) is 0 Å². The fourth-order valence-electron chi connectivity index (χ4n) is 1.55. The number of aromatic carboxylic acids is 1. The number of carboxylic acid groups (broad SMARTS) is 1. The first-order valence-electron chi connectivity index (χ1n) is 4.28. The highest BCUT2D eigenvalue weighted by Gasteiger charge is 2.09. The fraction of sp³-hybridized carbons (Fsp3) is 0.200. The lowest BCUT2D eigenvalue weighted by atomic mass is 10.2. The summed E-state index contributed by atoms with van der Waals surface area (Å²) in [5.41, 5.74) is 2.74. The minimum Gasteiger partial charge on any atom is -0.477 e. The molecule has 0 aliphatic rings. The van der Waals surface area contributed by atoms with Gasteiger partial charge in [-0.25, -0.2) is 9.78 Å². The molecule has 2 rings (SSSR count). The van der Waals surface area contributed by atoms with E-state index in [1.807, 2.05) is 19.9 Å². The van der Waals surface area contributed by atoms with E-state index in [4.69, 9.17) is 5.11 Å². The molecule has 0 amide bonds. The summed E-state index contributed by atoms with van der Waals surface area (Å²) < 4.78 is 0. The summed E-state index contributed by atoms with van der Waals surface area (Å²) in [6.07, 6.45) is 0. The number of pyridine rings is 1. The number of aryl methyl sites for hydroxylation is 2. The van der Waals surface area contributed by atoms with Gasteiger partial charge in [0.15, 0.2) is 0 Å². The van der Waals surface area contributed by atoms with E-state index in [9.17, 15) is 4.79 Å². The van der Waals surface area contributed by atoms with Crippen molar-refractivity contribution in [3.8, 4) is 0 Å². The quantitative estimate of drug-likeness (QED) is 0.721. The van der Waals surface area contributed by atoms with Gasteiger partial charge in [-0.05, 0) is 31.5 Å². The third-order valence-corrected chi connectivity index (χ3v) is 2.17. The third kappa shape index (κ3) is 1.25. The summed E-state index contributed by atoms with van der Waals surface area (Å²) in [5, 5.41) is 9.66. The van der Waals surface area contributed by atoms with E-state index < -0.39 is 5.97 Å². The number of H-pyrrole nitrogens is 1. The normalized spacial score (nSPS) is 10.7. The molecule has 2 N–H and O–H groups in total. The molecule has 0 saturated carbocycles. The average molecular weight is 190 g/mol.